The van der Waals surface area contributed by atoms with Crippen molar-refractivity contribution in [2.75, 3.05) is 6.61 Å². The minimum atomic E-state index is -0.252. The minimum Gasteiger partial charge on any atom is -0.396 e. The van der Waals surface area contributed by atoms with E-state index in [0.717, 1.165) is 25.0 Å². The fourth-order valence-electron chi connectivity index (χ4n) is 1.92. The van der Waals surface area contributed by atoms with Gasteiger partial charge in [0.2, 0.25) is 0 Å². The van der Waals surface area contributed by atoms with Gasteiger partial charge in [0.05, 0.1) is 5.71 Å². The molecule has 0 aromatic carbocycles. The van der Waals surface area contributed by atoms with Crippen LogP contribution < -0.4 is 0 Å². The van der Waals surface area contributed by atoms with Gasteiger partial charge in [-0.05, 0) is 25.7 Å². The normalized spacial score (nSPS) is 13.4. The molecule has 0 aromatic heterocycles. The Hall–Kier alpha value is 0.244. The van der Waals surface area contributed by atoms with Crippen molar-refractivity contribution in [2.24, 2.45) is 21.9 Å². The van der Waals surface area contributed by atoms with Crippen molar-refractivity contribution in [2.45, 2.75) is 74.7 Å². The molecule has 0 N–H and O–H groups in total. The third kappa shape index (κ3) is 18.4. The van der Waals surface area contributed by atoms with E-state index in [1.165, 1.54) is 0 Å². The Morgan fingerprint density at radius 3 is 1.96 bits per heavy atom. The zero-order chi connectivity index (χ0) is 18.0. The second kappa shape index (κ2) is 13.5. The number of oxime groups is 1. The molecule has 0 aliphatic carbocycles. The zero-order valence-electron chi connectivity index (χ0n) is 16.7. The summed E-state index contributed by atoms with van der Waals surface area (Å²) in [5.41, 5.74) is 0.956. The molecule has 0 aromatic rings. The molecule has 0 spiro atoms. The van der Waals surface area contributed by atoms with Gasteiger partial charge in [-0.25, -0.2) is 0 Å². The molecule has 1 unspecified atom stereocenters. The Kier molecular flexibility index (Phi) is 16.5. The van der Waals surface area contributed by atoms with Crippen molar-refractivity contribution in [3.63, 3.8) is 0 Å². The number of rotatable bonds is 6. The van der Waals surface area contributed by atoms with Gasteiger partial charge in [0.15, 0.2) is 0 Å². The molecule has 1 atom stereocenters. The van der Waals surface area contributed by atoms with Crippen molar-refractivity contribution >= 4 is 11.5 Å². The summed E-state index contributed by atoms with van der Waals surface area (Å²) >= 11 is 0. The molecule has 0 aliphatic heterocycles. The second-order valence-corrected chi connectivity index (χ2v) is 7.92. The average molecular weight is 400 g/mol. The van der Waals surface area contributed by atoms with Crippen LogP contribution in [0.25, 0.3) is 0 Å². The monoisotopic (exact) mass is 400 g/mol. The maximum Gasteiger partial charge on any atom is 0.114 e. The summed E-state index contributed by atoms with van der Waals surface area (Å²) in [5, 5.41) is 3.81. The quantitative estimate of drug-likeness (QED) is 0.336. The van der Waals surface area contributed by atoms with E-state index in [1.54, 1.807) is 0 Å². The summed E-state index contributed by atoms with van der Waals surface area (Å²) in [7, 11) is 0. The fourth-order valence-corrected chi connectivity index (χ4v) is 1.92. The second-order valence-electron chi connectivity index (χ2n) is 7.92. The van der Waals surface area contributed by atoms with Crippen LogP contribution >= 0.6 is 0 Å². The van der Waals surface area contributed by atoms with E-state index in [0.29, 0.717) is 6.61 Å². The molecule has 23 heavy (non-hydrogen) atoms. The summed E-state index contributed by atoms with van der Waals surface area (Å²) in [6, 6.07) is 0. The first-order valence-electron chi connectivity index (χ1n) is 8.17. The molecular weight excluding hydrogens is 363 g/mol. The number of ketones is 1. The number of hydrogen-bond acceptors (Lipinski definition) is 3. The average Bonchev–Trinajstić information content (AvgIpc) is 2.33. The Balaban J connectivity index is -0.000000354. The third-order valence-electron chi connectivity index (χ3n) is 2.86. The number of nitrogens with zero attached hydrogens (tertiary/aromatic N) is 1. The van der Waals surface area contributed by atoms with Gasteiger partial charge in [0.25, 0.3) is 0 Å². The van der Waals surface area contributed by atoms with Gasteiger partial charge in [-0.15, -0.1) is 5.92 Å². The van der Waals surface area contributed by atoms with Crippen molar-refractivity contribution < 1.29 is 42.3 Å². The van der Waals surface area contributed by atoms with Gasteiger partial charge >= 0.3 is 0 Å². The zero-order valence-corrected chi connectivity index (χ0v) is 19.5. The topological polar surface area (TPSA) is 38.7 Å². The van der Waals surface area contributed by atoms with Crippen molar-refractivity contribution in [1.29, 1.82) is 0 Å². The van der Waals surface area contributed by atoms with Crippen LogP contribution in [-0.4, -0.2) is 18.1 Å². The van der Waals surface area contributed by atoms with Gasteiger partial charge < -0.3 is 23.5 Å². The molecule has 0 saturated carbocycles. The standard InChI is InChI=1S/C12H23O.C7H14NO.Y/c1-9(8-11(2,3)4)10(13)12(5,6)7;1-4-6-7(3)8-9-5-2;/h9H,1,8H2,2-7H3;1,4-6H2,2-3H3;/q2*-1;/b;8-7-;. The summed E-state index contributed by atoms with van der Waals surface area (Å²) in [6.45, 7) is 24.4. The molecule has 0 heterocycles. The Labute approximate surface area is 170 Å². The van der Waals surface area contributed by atoms with E-state index >= 15 is 0 Å². The summed E-state index contributed by atoms with van der Waals surface area (Å²) in [5.74, 6) is 0.197. The molecule has 0 amide bonds. The van der Waals surface area contributed by atoms with Crippen molar-refractivity contribution in [3.8, 4) is 0 Å². The molecule has 135 valence electrons. The summed E-state index contributed by atoms with van der Waals surface area (Å²) in [6.07, 6.45) is 2.69. The molecule has 0 saturated heterocycles. The van der Waals surface area contributed by atoms with Crippen LogP contribution in [0.5, 0.6) is 0 Å². The minimum absolute atomic E-state index is 0. The maximum absolute atomic E-state index is 11.8. The molecule has 0 rings (SSSR count). The molecule has 0 bridgehead atoms. The molecule has 1 radical (unpaired) electrons. The fraction of sp³-hybridized carbons (Fsp3) is 0.789. The molecule has 4 heteroatoms. The van der Waals surface area contributed by atoms with E-state index in [9.17, 15) is 4.79 Å². The molecular formula is C19H37NO2Y-2. The van der Waals surface area contributed by atoms with E-state index < -0.39 is 0 Å². The summed E-state index contributed by atoms with van der Waals surface area (Å²) in [4.78, 5) is 16.6. The number of Topliss-reactive ketones (excluding diaryl/α,β-unsaturated/α-hetero) is 1. The number of hydrogen-bond donors (Lipinski definition) is 0. The maximum atomic E-state index is 11.8. The first-order valence-corrected chi connectivity index (χ1v) is 8.17. The van der Waals surface area contributed by atoms with Crippen LogP contribution in [-0.2, 0) is 42.3 Å². The van der Waals surface area contributed by atoms with Crippen LogP contribution in [0.3, 0.4) is 0 Å². The molecule has 0 aliphatic rings. The van der Waals surface area contributed by atoms with Crippen LogP contribution in [0.1, 0.15) is 74.7 Å². The molecule has 3 nitrogen and oxygen atoms in total. The number of carbonyl (C=O) groups excluding carboxylic acids is 1. The van der Waals surface area contributed by atoms with Gasteiger partial charge in [0.1, 0.15) is 12.4 Å². The third-order valence-corrected chi connectivity index (χ3v) is 2.86. The first kappa shape index (κ1) is 28.1. The Morgan fingerprint density at radius 1 is 1.17 bits per heavy atom. The Bertz CT molecular complexity index is 338. The van der Waals surface area contributed by atoms with Crippen LogP contribution in [0, 0.1) is 30.6 Å². The first-order chi connectivity index (χ1) is 9.85. The Morgan fingerprint density at radius 2 is 1.65 bits per heavy atom. The van der Waals surface area contributed by atoms with Gasteiger partial charge in [0, 0.05) is 38.1 Å². The SMILES string of the molecule is [CH2-]C(CC(C)(C)C)C(=O)C(C)(C)C.[CH2-]CC/C(C)=N\OCC.[Y]. The molecule has 0 fully saturated rings. The predicted molar refractivity (Wildman–Crippen MR) is 96.7 cm³/mol. The van der Waals surface area contributed by atoms with Gasteiger partial charge in [-0.2, -0.15) is 6.42 Å². The smallest absolute Gasteiger partial charge is 0.114 e. The van der Waals surface area contributed by atoms with Crippen LogP contribution in [0.2, 0.25) is 0 Å². The van der Waals surface area contributed by atoms with E-state index in [4.69, 9.17) is 4.84 Å². The van der Waals surface area contributed by atoms with E-state index in [-0.39, 0.29) is 55.2 Å². The van der Waals surface area contributed by atoms with Gasteiger partial charge in [-0.1, -0.05) is 53.1 Å². The van der Waals surface area contributed by atoms with Crippen molar-refractivity contribution in [3.05, 3.63) is 13.8 Å². The predicted octanol–water partition coefficient (Wildman–Crippen LogP) is 5.50. The van der Waals surface area contributed by atoms with E-state index in [2.05, 4.69) is 39.8 Å². The van der Waals surface area contributed by atoms with Crippen LogP contribution in [0.4, 0.5) is 0 Å². The number of carbonyl (C=O) groups is 1. The largest absolute Gasteiger partial charge is 0.396 e. The van der Waals surface area contributed by atoms with Crippen molar-refractivity contribution in [1.82, 2.24) is 0 Å². The van der Waals surface area contributed by atoms with Gasteiger partial charge in [-0.3, -0.25) is 0 Å². The van der Waals surface area contributed by atoms with Crippen LogP contribution in [0.15, 0.2) is 5.16 Å². The van der Waals surface area contributed by atoms with E-state index in [1.807, 2.05) is 34.6 Å². The summed E-state index contributed by atoms with van der Waals surface area (Å²) < 4.78 is 0.